The Bertz CT molecular complexity index is 588. The molecule has 0 aliphatic carbocycles. The van der Waals surface area contributed by atoms with Gasteiger partial charge in [0, 0.05) is 12.4 Å². The number of hydrogen-bond donors (Lipinski definition) is 1. The SMILES string of the molecule is C[C@@H](O)c1ccc(OCc2nccn2C(F)F)c(Cl)c1. The number of rotatable bonds is 5. The highest BCUT2D eigenvalue weighted by molar-refractivity contribution is 6.32. The monoisotopic (exact) mass is 302 g/mol. The van der Waals surface area contributed by atoms with Crippen LogP contribution in [0.5, 0.6) is 5.75 Å². The summed E-state index contributed by atoms with van der Waals surface area (Å²) in [5.41, 5.74) is 0.649. The first-order valence-electron chi connectivity index (χ1n) is 5.89. The summed E-state index contributed by atoms with van der Waals surface area (Å²) in [6, 6.07) is 4.81. The minimum absolute atomic E-state index is 0.107. The third kappa shape index (κ3) is 3.26. The Kier molecular flexibility index (Phi) is 4.57. The number of benzene rings is 1. The molecule has 2 aromatic rings. The highest BCUT2D eigenvalue weighted by Crippen LogP contribution is 2.28. The van der Waals surface area contributed by atoms with Crippen LogP contribution in [-0.4, -0.2) is 14.7 Å². The average molecular weight is 303 g/mol. The van der Waals surface area contributed by atoms with E-state index in [-0.39, 0.29) is 12.4 Å². The molecule has 0 aliphatic rings. The number of aromatic nitrogens is 2. The lowest BCUT2D eigenvalue weighted by Crippen LogP contribution is -2.07. The Hall–Kier alpha value is -1.66. The molecule has 0 saturated heterocycles. The zero-order valence-corrected chi connectivity index (χ0v) is 11.4. The largest absolute Gasteiger partial charge is 0.484 e. The van der Waals surface area contributed by atoms with Gasteiger partial charge >= 0.3 is 6.55 Å². The molecule has 0 unspecified atom stereocenters. The third-order valence-electron chi connectivity index (χ3n) is 2.75. The van der Waals surface area contributed by atoms with E-state index in [1.54, 1.807) is 25.1 Å². The average Bonchev–Trinajstić information content (AvgIpc) is 2.85. The van der Waals surface area contributed by atoms with Crippen molar-refractivity contribution in [1.29, 1.82) is 0 Å². The van der Waals surface area contributed by atoms with Crippen LogP contribution in [0.1, 0.15) is 31.0 Å². The summed E-state index contributed by atoms with van der Waals surface area (Å²) < 4.78 is 31.3. The molecule has 108 valence electrons. The lowest BCUT2D eigenvalue weighted by atomic mass is 10.1. The van der Waals surface area contributed by atoms with Crippen molar-refractivity contribution < 1.29 is 18.6 Å². The smallest absolute Gasteiger partial charge is 0.320 e. The normalized spacial score (nSPS) is 12.7. The summed E-state index contributed by atoms with van der Waals surface area (Å²) in [5, 5.41) is 9.72. The predicted molar refractivity (Wildman–Crippen MR) is 69.9 cm³/mol. The molecule has 1 heterocycles. The van der Waals surface area contributed by atoms with Gasteiger partial charge in [-0.1, -0.05) is 17.7 Å². The van der Waals surface area contributed by atoms with E-state index in [4.69, 9.17) is 16.3 Å². The molecule has 0 aliphatic heterocycles. The Morgan fingerprint density at radius 3 is 2.80 bits per heavy atom. The van der Waals surface area contributed by atoms with E-state index in [0.29, 0.717) is 16.3 Å². The summed E-state index contributed by atoms with van der Waals surface area (Å²) in [6.07, 6.45) is 1.82. The van der Waals surface area contributed by atoms with Crippen LogP contribution in [0.15, 0.2) is 30.6 Å². The number of halogens is 3. The Morgan fingerprint density at radius 1 is 1.45 bits per heavy atom. The zero-order valence-electron chi connectivity index (χ0n) is 10.6. The topological polar surface area (TPSA) is 47.3 Å². The fourth-order valence-electron chi connectivity index (χ4n) is 1.67. The highest BCUT2D eigenvalue weighted by Gasteiger charge is 2.13. The number of aliphatic hydroxyl groups excluding tert-OH is 1. The number of aliphatic hydroxyl groups is 1. The Balaban J connectivity index is 2.09. The number of nitrogens with zero attached hydrogens (tertiary/aromatic N) is 2. The van der Waals surface area contributed by atoms with Crippen molar-refractivity contribution in [3.05, 3.63) is 47.0 Å². The predicted octanol–water partition coefficient (Wildman–Crippen LogP) is 3.56. The van der Waals surface area contributed by atoms with Gasteiger partial charge in [-0.15, -0.1) is 0 Å². The van der Waals surface area contributed by atoms with Crippen molar-refractivity contribution in [3.63, 3.8) is 0 Å². The van der Waals surface area contributed by atoms with Crippen LogP contribution < -0.4 is 4.74 Å². The maximum Gasteiger partial charge on any atom is 0.320 e. The molecule has 1 aromatic carbocycles. The van der Waals surface area contributed by atoms with E-state index >= 15 is 0 Å². The summed E-state index contributed by atoms with van der Waals surface area (Å²) in [4.78, 5) is 3.80. The molecule has 0 amide bonds. The lowest BCUT2D eigenvalue weighted by Gasteiger charge is -2.11. The van der Waals surface area contributed by atoms with Gasteiger partial charge < -0.3 is 9.84 Å². The van der Waals surface area contributed by atoms with E-state index in [1.165, 1.54) is 12.4 Å². The molecule has 2 rings (SSSR count). The first-order chi connectivity index (χ1) is 9.49. The second-order valence-corrected chi connectivity index (χ2v) is 4.59. The molecule has 20 heavy (non-hydrogen) atoms. The zero-order chi connectivity index (χ0) is 14.7. The summed E-state index contributed by atoms with van der Waals surface area (Å²) in [7, 11) is 0. The van der Waals surface area contributed by atoms with Gasteiger partial charge in [-0.25, -0.2) is 4.98 Å². The molecule has 7 heteroatoms. The van der Waals surface area contributed by atoms with E-state index in [9.17, 15) is 13.9 Å². The van der Waals surface area contributed by atoms with Gasteiger partial charge in [0.1, 0.15) is 12.4 Å². The Labute approximate surface area is 119 Å². The molecule has 1 N–H and O–H groups in total. The van der Waals surface area contributed by atoms with Gasteiger partial charge in [-0.05, 0) is 24.6 Å². The van der Waals surface area contributed by atoms with Crippen molar-refractivity contribution in [2.24, 2.45) is 0 Å². The van der Waals surface area contributed by atoms with E-state index in [1.807, 2.05) is 0 Å². The summed E-state index contributed by atoms with van der Waals surface area (Å²) in [6.45, 7) is -1.17. The van der Waals surface area contributed by atoms with Gasteiger partial charge in [-0.3, -0.25) is 4.57 Å². The quantitative estimate of drug-likeness (QED) is 0.918. The second-order valence-electron chi connectivity index (χ2n) is 4.18. The fourth-order valence-corrected chi connectivity index (χ4v) is 1.91. The second kappa shape index (κ2) is 6.19. The molecule has 1 aromatic heterocycles. The number of imidazole rings is 1. The minimum Gasteiger partial charge on any atom is -0.484 e. The molecule has 0 fully saturated rings. The molecule has 0 saturated carbocycles. The van der Waals surface area contributed by atoms with Crippen LogP contribution in [0.2, 0.25) is 5.02 Å². The number of hydrogen-bond acceptors (Lipinski definition) is 3. The van der Waals surface area contributed by atoms with Gasteiger partial charge in [0.25, 0.3) is 0 Å². The van der Waals surface area contributed by atoms with Gasteiger partial charge in [0.2, 0.25) is 0 Å². The lowest BCUT2D eigenvalue weighted by molar-refractivity contribution is 0.0632. The van der Waals surface area contributed by atoms with Gasteiger partial charge in [-0.2, -0.15) is 8.78 Å². The molecule has 4 nitrogen and oxygen atoms in total. The molecule has 0 radical (unpaired) electrons. The van der Waals surface area contributed by atoms with Crippen molar-refractivity contribution in [3.8, 4) is 5.75 Å². The maximum absolute atomic E-state index is 12.6. The summed E-state index contributed by atoms with van der Waals surface area (Å²) in [5.74, 6) is 0.454. The first kappa shape index (κ1) is 14.7. The van der Waals surface area contributed by atoms with Gasteiger partial charge in [0.15, 0.2) is 5.82 Å². The highest BCUT2D eigenvalue weighted by atomic mass is 35.5. The maximum atomic E-state index is 12.6. The molecule has 0 bridgehead atoms. The first-order valence-corrected chi connectivity index (χ1v) is 6.27. The van der Waals surface area contributed by atoms with Gasteiger partial charge in [0.05, 0.1) is 11.1 Å². The molecular formula is C13H13ClF2N2O2. The molecule has 1 atom stereocenters. The molecule has 0 spiro atoms. The van der Waals surface area contributed by atoms with Crippen LogP contribution in [0.3, 0.4) is 0 Å². The van der Waals surface area contributed by atoms with Crippen molar-refractivity contribution >= 4 is 11.6 Å². The standard InChI is InChI=1S/C13H13ClF2N2O2/c1-8(19)9-2-3-11(10(14)6-9)20-7-12-17-4-5-18(12)13(15)16/h2-6,8,13,19H,7H2,1H3/t8-/m1/s1. The summed E-state index contributed by atoms with van der Waals surface area (Å²) >= 11 is 6.00. The Morgan fingerprint density at radius 2 is 2.20 bits per heavy atom. The van der Waals surface area contributed by atoms with Crippen LogP contribution in [0.4, 0.5) is 8.78 Å². The minimum atomic E-state index is -2.66. The number of ether oxygens (including phenoxy) is 1. The van der Waals surface area contributed by atoms with Crippen LogP contribution in [0, 0.1) is 0 Å². The van der Waals surface area contributed by atoms with Crippen LogP contribution in [-0.2, 0) is 6.61 Å². The van der Waals surface area contributed by atoms with Crippen molar-refractivity contribution in [2.45, 2.75) is 26.2 Å². The number of alkyl halides is 2. The van der Waals surface area contributed by atoms with E-state index in [2.05, 4.69) is 4.98 Å². The van der Waals surface area contributed by atoms with E-state index < -0.39 is 12.7 Å². The van der Waals surface area contributed by atoms with Crippen LogP contribution in [0.25, 0.3) is 0 Å². The van der Waals surface area contributed by atoms with Crippen molar-refractivity contribution in [2.75, 3.05) is 0 Å². The molecular weight excluding hydrogens is 290 g/mol. The van der Waals surface area contributed by atoms with E-state index in [0.717, 1.165) is 4.57 Å². The fraction of sp³-hybridized carbons (Fsp3) is 0.308. The third-order valence-corrected chi connectivity index (χ3v) is 3.05. The van der Waals surface area contributed by atoms with Crippen LogP contribution >= 0.6 is 11.6 Å². The van der Waals surface area contributed by atoms with Crippen molar-refractivity contribution in [1.82, 2.24) is 9.55 Å².